The Morgan fingerprint density at radius 2 is 2.32 bits per heavy atom. The van der Waals surface area contributed by atoms with Gasteiger partial charge in [0.1, 0.15) is 5.60 Å². The summed E-state index contributed by atoms with van der Waals surface area (Å²) in [7, 11) is -1.82. The Labute approximate surface area is 119 Å². The van der Waals surface area contributed by atoms with Gasteiger partial charge in [0.05, 0.1) is 0 Å². The molecular formula is C17H26OSi. The molecule has 1 aliphatic rings. The molecule has 1 unspecified atom stereocenters. The SMILES string of the molecule is C#CC1(O[Si](C)(C)CC=C)C[C@H](C(=C)C)CC=C1C. The molecule has 0 saturated carbocycles. The minimum atomic E-state index is -1.82. The molecule has 0 aromatic rings. The Morgan fingerprint density at radius 3 is 2.79 bits per heavy atom. The second-order valence-corrected chi connectivity index (χ2v) is 10.3. The van der Waals surface area contributed by atoms with Gasteiger partial charge in [-0.3, -0.25) is 0 Å². The zero-order valence-corrected chi connectivity index (χ0v) is 13.8. The van der Waals surface area contributed by atoms with Crippen LogP contribution >= 0.6 is 0 Å². The molecule has 0 aromatic carbocycles. The number of hydrogen-bond acceptors (Lipinski definition) is 1. The maximum absolute atomic E-state index is 6.47. The van der Waals surface area contributed by atoms with Gasteiger partial charge in [0.25, 0.3) is 0 Å². The van der Waals surface area contributed by atoms with Crippen molar-refractivity contribution in [1.29, 1.82) is 0 Å². The summed E-state index contributed by atoms with van der Waals surface area (Å²) < 4.78 is 6.47. The smallest absolute Gasteiger partial charge is 0.192 e. The van der Waals surface area contributed by atoms with E-state index in [1.807, 2.05) is 6.08 Å². The van der Waals surface area contributed by atoms with Crippen molar-refractivity contribution < 1.29 is 4.43 Å². The highest BCUT2D eigenvalue weighted by Crippen LogP contribution is 2.40. The molecule has 104 valence electrons. The molecule has 2 heteroatoms. The fourth-order valence-corrected chi connectivity index (χ4v) is 4.66. The number of allylic oxidation sites excluding steroid dienone is 3. The molecule has 1 rings (SSSR count). The van der Waals surface area contributed by atoms with Crippen molar-refractivity contribution in [3.8, 4) is 12.3 Å². The first-order valence-electron chi connectivity index (χ1n) is 6.88. The molecule has 1 aliphatic carbocycles. The van der Waals surface area contributed by atoms with E-state index in [4.69, 9.17) is 10.8 Å². The maximum Gasteiger partial charge on any atom is 0.192 e. The molecule has 1 nitrogen and oxygen atoms in total. The van der Waals surface area contributed by atoms with Crippen LogP contribution in [-0.2, 0) is 4.43 Å². The fraction of sp³-hybridized carbons (Fsp3) is 0.529. The highest BCUT2D eigenvalue weighted by molar-refractivity contribution is 6.71. The summed E-state index contributed by atoms with van der Waals surface area (Å²) in [5.74, 6) is 3.36. The van der Waals surface area contributed by atoms with Crippen molar-refractivity contribution in [3.05, 3.63) is 36.5 Å². The van der Waals surface area contributed by atoms with Gasteiger partial charge in [0, 0.05) is 0 Å². The summed E-state index contributed by atoms with van der Waals surface area (Å²) in [6.45, 7) is 16.5. The van der Waals surface area contributed by atoms with Crippen LogP contribution in [0, 0.1) is 18.3 Å². The van der Waals surface area contributed by atoms with Gasteiger partial charge in [-0.05, 0) is 57.3 Å². The Balaban J connectivity index is 3.05. The molecule has 0 saturated heterocycles. The summed E-state index contributed by atoms with van der Waals surface area (Å²) in [6, 6.07) is 0.918. The van der Waals surface area contributed by atoms with Crippen LogP contribution < -0.4 is 0 Å². The molecule has 0 heterocycles. The Bertz CT molecular complexity index is 439. The highest BCUT2D eigenvalue weighted by atomic mass is 28.4. The van der Waals surface area contributed by atoms with E-state index in [0.29, 0.717) is 5.92 Å². The average Bonchev–Trinajstić information content (AvgIpc) is 2.31. The Hall–Kier alpha value is -1.04. The van der Waals surface area contributed by atoms with Crippen LogP contribution in [0.1, 0.15) is 26.7 Å². The third-order valence-corrected chi connectivity index (χ3v) is 6.07. The third kappa shape index (κ3) is 3.71. The predicted octanol–water partition coefficient (Wildman–Crippen LogP) is 4.70. The summed E-state index contributed by atoms with van der Waals surface area (Å²) in [5, 5.41) is 0. The van der Waals surface area contributed by atoms with E-state index < -0.39 is 13.9 Å². The highest BCUT2D eigenvalue weighted by Gasteiger charge is 2.41. The normalized spacial score (nSPS) is 27.3. The summed E-state index contributed by atoms with van der Waals surface area (Å²) in [5.41, 5.74) is 1.83. The summed E-state index contributed by atoms with van der Waals surface area (Å²) >= 11 is 0. The van der Waals surface area contributed by atoms with E-state index in [2.05, 4.69) is 52.1 Å². The lowest BCUT2D eigenvalue weighted by Crippen LogP contribution is -2.46. The van der Waals surface area contributed by atoms with E-state index in [-0.39, 0.29) is 0 Å². The molecule has 19 heavy (non-hydrogen) atoms. The van der Waals surface area contributed by atoms with Crippen molar-refractivity contribution in [1.82, 2.24) is 0 Å². The van der Waals surface area contributed by atoms with Crippen LogP contribution in [0.25, 0.3) is 0 Å². The number of terminal acetylenes is 1. The molecular weight excluding hydrogens is 248 g/mol. The largest absolute Gasteiger partial charge is 0.398 e. The first kappa shape index (κ1) is 16.0. The van der Waals surface area contributed by atoms with Gasteiger partial charge in [-0.1, -0.05) is 30.2 Å². The standard InChI is InChI=1S/C17H26OSi/c1-8-12-19(6,7)18-17(9-2)13-16(14(3)4)11-10-15(17)5/h2,8,10,16H,1,3,11-13H2,4-7H3/t16-,17?/m1/s1. The molecule has 0 bridgehead atoms. The molecule has 2 atom stereocenters. The predicted molar refractivity (Wildman–Crippen MR) is 86.4 cm³/mol. The molecule has 0 aromatic heterocycles. The summed E-state index contributed by atoms with van der Waals surface area (Å²) in [6.07, 6.45) is 11.9. The minimum absolute atomic E-state index is 0.424. The van der Waals surface area contributed by atoms with Crippen molar-refractivity contribution in [2.24, 2.45) is 5.92 Å². The van der Waals surface area contributed by atoms with Gasteiger partial charge >= 0.3 is 0 Å². The van der Waals surface area contributed by atoms with Crippen LogP contribution in [0.4, 0.5) is 0 Å². The molecule has 0 radical (unpaired) electrons. The molecule has 0 fully saturated rings. The average molecular weight is 274 g/mol. The first-order chi connectivity index (χ1) is 8.76. The lowest BCUT2D eigenvalue weighted by Gasteiger charge is -2.42. The van der Waals surface area contributed by atoms with Gasteiger partial charge in [0.15, 0.2) is 8.32 Å². The lowest BCUT2D eigenvalue weighted by molar-refractivity contribution is 0.125. The zero-order valence-electron chi connectivity index (χ0n) is 12.8. The van der Waals surface area contributed by atoms with E-state index in [9.17, 15) is 0 Å². The molecule has 0 amide bonds. The van der Waals surface area contributed by atoms with Crippen LogP contribution in [0.5, 0.6) is 0 Å². The van der Waals surface area contributed by atoms with Crippen molar-refractivity contribution in [3.63, 3.8) is 0 Å². The zero-order chi connectivity index (χ0) is 14.7. The molecule has 0 aliphatic heterocycles. The van der Waals surface area contributed by atoms with E-state index >= 15 is 0 Å². The van der Waals surface area contributed by atoms with E-state index in [1.165, 1.54) is 11.1 Å². The van der Waals surface area contributed by atoms with Gasteiger partial charge in [0.2, 0.25) is 0 Å². The van der Waals surface area contributed by atoms with Crippen LogP contribution in [0.3, 0.4) is 0 Å². The third-order valence-electron chi connectivity index (χ3n) is 3.90. The van der Waals surface area contributed by atoms with Crippen molar-refractivity contribution in [2.75, 3.05) is 0 Å². The Morgan fingerprint density at radius 1 is 1.68 bits per heavy atom. The first-order valence-corrected chi connectivity index (χ1v) is 9.99. The van der Waals surface area contributed by atoms with Crippen LogP contribution in [-0.4, -0.2) is 13.9 Å². The van der Waals surface area contributed by atoms with Gasteiger partial charge in [-0.15, -0.1) is 13.0 Å². The molecule has 0 spiro atoms. The van der Waals surface area contributed by atoms with E-state index in [0.717, 1.165) is 18.9 Å². The maximum atomic E-state index is 6.47. The fourth-order valence-electron chi connectivity index (χ4n) is 2.64. The minimum Gasteiger partial charge on any atom is -0.398 e. The topological polar surface area (TPSA) is 9.23 Å². The summed E-state index contributed by atoms with van der Waals surface area (Å²) in [4.78, 5) is 0. The van der Waals surface area contributed by atoms with Gasteiger partial charge in [-0.2, -0.15) is 0 Å². The molecule has 0 N–H and O–H groups in total. The monoisotopic (exact) mass is 274 g/mol. The second kappa shape index (κ2) is 5.94. The van der Waals surface area contributed by atoms with Crippen molar-refractivity contribution in [2.45, 2.75) is 51.4 Å². The quantitative estimate of drug-likeness (QED) is 0.401. The number of hydrogen-bond donors (Lipinski definition) is 0. The Kier molecular flexibility index (Phi) is 5.01. The van der Waals surface area contributed by atoms with Gasteiger partial charge in [-0.25, -0.2) is 0 Å². The van der Waals surface area contributed by atoms with E-state index in [1.54, 1.807) is 0 Å². The van der Waals surface area contributed by atoms with Crippen molar-refractivity contribution >= 4 is 8.32 Å². The lowest BCUT2D eigenvalue weighted by atomic mass is 9.76. The number of rotatable bonds is 5. The van der Waals surface area contributed by atoms with Crippen LogP contribution in [0.2, 0.25) is 19.1 Å². The second-order valence-electron chi connectivity index (χ2n) is 6.20. The van der Waals surface area contributed by atoms with Gasteiger partial charge < -0.3 is 4.43 Å². The van der Waals surface area contributed by atoms with Crippen LogP contribution in [0.15, 0.2) is 36.5 Å².